The van der Waals surface area contributed by atoms with Gasteiger partial charge in [0.05, 0.1) is 18.6 Å². The minimum absolute atomic E-state index is 0.106. The van der Waals surface area contributed by atoms with E-state index in [0.717, 1.165) is 17.1 Å². The Morgan fingerprint density at radius 3 is 2.78 bits per heavy atom. The van der Waals surface area contributed by atoms with Crippen molar-refractivity contribution in [2.75, 3.05) is 7.11 Å². The number of amides is 1. The maximum Gasteiger partial charge on any atom is 0.252 e. The third-order valence-electron chi connectivity index (χ3n) is 3.19. The first-order valence-electron chi connectivity index (χ1n) is 7.31. The molecule has 0 aliphatic heterocycles. The molecule has 5 heteroatoms. The number of ether oxygens (including phenoxy) is 1. The lowest BCUT2D eigenvalue weighted by Crippen LogP contribution is -2.26. The molecule has 0 bridgehead atoms. The number of nitrogens with one attached hydrogen (secondary N) is 1. The van der Waals surface area contributed by atoms with Crippen LogP contribution >= 0.6 is 11.8 Å². The minimum atomic E-state index is -0.169. The van der Waals surface area contributed by atoms with Crippen LogP contribution in [0, 0.1) is 0 Å². The Hall–Kier alpha value is -2.27. The molecule has 2 aromatic carbocycles. The predicted octanol–water partition coefficient (Wildman–Crippen LogP) is 3.47. The van der Waals surface area contributed by atoms with Gasteiger partial charge >= 0.3 is 0 Å². The zero-order valence-corrected chi connectivity index (χ0v) is 14.0. The van der Waals surface area contributed by atoms with Gasteiger partial charge in [-0.25, -0.2) is 5.43 Å². The highest BCUT2D eigenvalue weighted by Gasteiger charge is 2.12. The highest BCUT2D eigenvalue weighted by molar-refractivity contribution is 7.99. The Morgan fingerprint density at radius 2 is 2.04 bits per heavy atom. The Morgan fingerprint density at radius 1 is 1.26 bits per heavy atom. The quantitative estimate of drug-likeness (QED) is 0.625. The lowest BCUT2D eigenvalue weighted by molar-refractivity contribution is -0.120. The minimum Gasteiger partial charge on any atom is -0.497 e. The van der Waals surface area contributed by atoms with Gasteiger partial charge in [0.1, 0.15) is 5.75 Å². The van der Waals surface area contributed by atoms with Gasteiger partial charge in [0, 0.05) is 5.75 Å². The molecule has 4 nitrogen and oxygen atoms in total. The summed E-state index contributed by atoms with van der Waals surface area (Å²) in [5.41, 5.74) is 4.65. The summed E-state index contributed by atoms with van der Waals surface area (Å²) in [6.07, 6.45) is 1.61. The molecule has 0 aliphatic rings. The fourth-order valence-electron chi connectivity index (χ4n) is 1.85. The van der Waals surface area contributed by atoms with Crippen LogP contribution in [-0.4, -0.2) is 24.5 Å². The molecule has 0 heterocycles. The van der Waals surface area contributed by atoms with Crippen LogP contribution in [0.15, 0.2) is 59.7 Å². The van der Waals surface area contributed by atoms with Gasteiger partial charge in [-0.1, -0.05) is 42.5 Å². The average Bonchev–Trinajstić information content (AvgIpc) is 2.60. The van der Waals surface area contributed by atoms with Gasteiger partial charge in [0.2, 0.25) is 0 Å². The lowest BCUT2D eigenvalue weighted by Gasteiger charge is -2.09. The highest BCUT2D eigenvalue weighted by atomic mass is 32.2. The first-order chi connectivity index (χ1) is 11.2. The number of nitrogens with zero attached hydrogens (tertiary/aromatic N) is 1. The predicted molar refractivity (Wildman–Crippen MR) is 95.9 cm³/mol. The van der Waals surface area contributed by atoms with E-state index in [9.17, 15) is 4.79 Å². The van der Waals surface area contributed by atoms with Gasteiger partial charge in [-0.3, -0.25) is 4.79 Å². The van der Waals surface area contributed by atoms with E-state index in [1.54, 1.807) is 25.1 Å². The number of carbonyl (C=O) groups is 1. The molecule has 0 aliphatic carbocycles. The van der Waals surface area contributed by atoms with Crippen LogP contribution in [-0.2, 0) is 10.5 Å². The Kier molecular flexibility index (Phi) is 6.69. The van der Waals surface area contributed by atoms with Crippen molar-refractivity contribution < 1.29 is 9.53 Å². The van der Waals surface area contributed by atoms with Crippen molar-refractivity contribution in [3.63, 3.8) is 0 Å². The van der Waals surface area contributed by atoms with Crippen molar-refractivity contribution in [1.29, 1.82) is 0 Å². The number of hydrogen-bond acceptors (Lipinski definition) is 4. The molecule has 0 saturated heterocycles. The number of carbonyl (C=O) groups excluding carboxylic acids is 1. The second-order valence-electron chi connectivity index (χ2n) is 4.95. The van der Waals surface area contributed by atoms with E-state index < -0.39 is 0 Å². The summed E-state index contributed by atoms with van der Waals surface area (Å²) in [4.78, 5) is 12.0. The molecule has 0 radical (unpaired) electrons. The first-order valence-corrected chi connectivity index (χ1v) is 8.36. The maximum absolute atomic E-state index is 12.0. The van der Waals surface area contributed by atoms with E-state index in [1.165, 1.54) is 5.56 Å². The number of benzene rings is 2. The molecule has 0 aromatic heterocycles. The molecule has 120 valence electrons. The van der Waals surface area contributed by atoms with E-state index in [2.05, 4.69) is 22.7 Å². The molecule has 0 saturated carbocycles. The zero-order valence-electron chi connectivity index (χ0n) is 13.2. The molecule has 1 N–H and O–H groups in total. The number of methoxy groups -OCH3 is 1. The fourth-order valence-corrected chi connectivity index (χ4v) is 2.69. The topological polar surface area (TPSA) is 50.7 Å². The third-order valence-corrected chi connectivity index (χ3v) is 4.41. The summed E-state index contributed by atoms with van der Waals surface area (Å²) >= 11 is 1.58. The molecule has 1 atom stereocenters. The van der Waals surface area contributed by atoms with E-state index >= 15 is 0 Å². The van der Waals surface area contributed by atoms with Crippen LogP contribution in [0.1, 0.15) is 18.1 Å². The molecule has 2 aromatic rings. The SMILES string of the molecule is COc1cccc(C=NNC(=O)C(C)SCc2ccccc2)c1. The molecular weight excluding hydrogens is 308 g/mol. The largest absolute Gasteiger partial charge is 0.497 e. The number of hydrazone groups is 1. The fraction of sp³-hybridized carbons (Fsp3) is 0.222. The number of hydrogen-bond donors (Lipinski definition) is 1. The van der Waals surface area contributed by atoms with Crippen molar-refractivity contribution in [1.82, 2.24) is 5.43 Å². The summed E-state index contributed by atoms with van der Waals surface area (Å²) in [6, 6.07) is 17.6. The molecular formula is C18H20N2O2S. The normalized spacial score (nSPS) is 12.1. The summed E-state index contributed by atoms with van der Waals surface area (Å²) in [6.45, 7) is 1.88. The van der Waals surface area contributed by atoms with Crippen LogP contribution in [0.5, 0.6) is 5.75 Å². The van der Waals surface area contributed by atoms with Crippen LogP contribution < -0.4 is 10.2 Å². The number of thioether (sulfide) groups is 1. The summed E-state index contributed by atoms with van der Waals surface area (Å²) in [7, 11) is 1.61. The van der Waals surface area contributed by atoms with Crippen molar-refractivity contribution in [2.45, 2.75) is 17.9 Å². The van der Waals surface area contributed by atoms with E-state index in [4.69, 9.17) is 4.74 Å². The van der Waals surface area contributed by atoms with Gasteiger partial charge in [0.25, 0.3) is 5.91 Å². The van der Waals surface area contributed by atoms with Gasteiger partial charge in [-0.15, -0.1) is 11.8 Å². The van der Waals surface area contributed by atoms with Crippen molar-refractivity contribution in [3.05, 3.63) is 65.7 Å². The van der Waals surface area contributed by atoms with Crippen LogP contribution in [0.4, 0.5) is 0 Å². The molecule has 23 heavy (non-hydrogen) atoms. The standard InChI is InChI=1S/C18H20N2O2S/c1-14(23-13-15-7-4-3-5-8-15)18(21)20-19-12-16-9-6-10-17(11-16)22-2/h3-12,14H,13H2,1-2H3,(H,20,21). The van der Waals surface area contributed by atoms with Gasteiger partial charge in [-0.05, 0) is 30.2 Å². The highest BCUT2D eigenvalue weighted by Crippen LogP contribution is 2.17. The molecule has 2 rings (SSSR count). The van der Waals surface area contributed by atoms with Crippen molar-refractivity contribution >= 4 is 23.9 Å². The van der Waals surface area contributed by atoms with Crippen molar-refractivity contribution in [2.24, 2.45) is 5.10 Å². The lowest BCUT2D eigenvalue weighted by atomic mass is 10.2. The molecule has 0 fully saturated rings. The average molecular weight is 328 g/mol. The third kappa shape index (κ3) is 5.79. The van der Waals surface area contributed by atoms with Crippen LogP contribution in [0.2, 0.25) is 0 Å². The summed E-state index contributed by atoms with van der Waals surface area (Å²) in [5.74, 6) is 1.45. The van der Waals surface area contributed by atoms with Gasteiger partial charge < -0.3 is 4.74 Å². The Labute approximate surface area is 140 Å². The van der Waals surface area contributed by atoms with E-state index in [0.29, 0.717) is 0 Å². The smallest absolute Gasteiger partial charge is 0.252 e. The van der Waals surface area contributed by atoms with Crippen LogP contribution in [0.3, 0.4) is 0 Å². The Bertz CT molecular complexity index is 659. The van der Waals surface area contributed by atoms with Gasteiger partial charge in [0.15, 0.2) is 0 Å². The van der Waals surface area contributed by atoms with E-state index in [-0.39, 0.29) is 11.2 Å². The Balaban J connectivity index is 1.80. The first kappa shape index (κ1) is 17.1. The second-order valence-corrected chi connectivity index (χ2v) is 6.28. The van der Waals surface area contributed by atoms with Crippen LogP contribution in [0.25, 0.3) is 0 Å². The summed E-state index contributed by atoms with van der Waals surface area (Å²) < 4.78 is 5.14. The monoisotopic (exact) mass is 328 g/mol. The molecule has 1 unspecified atom stereocenters. The molecule has 1 amide bonds. The second kappa shape index (κ2) is 9.00. The molecule has 0 spiro atoms. The zero-order chi connectivity index (χ0) is 16.5. The summed E-state index contributed by atoms with van der Waals surface area (Å²) in [5, 5.41) is 3.83. The number of rotatable bonds is 7. The van der Waals surface area contributed by atoms with Crippen molar-refractivity contribution in [3.8, 4) is 5.75 Å². The van der Waals surface area contributed by atoms with E-state index in [1.807, 2.05) is 49.4 Å². The maximum atomic E-state index is 12.0. The van der Waals surface area contributed by atoms with Gasteiger partial charge in [-0.2, -0.15) is 5.10 Å².